The molecule has 8 heteroatoms. The summed E-state index contributed by atoms with van der Waals surface area (Å²) in [5, 5.41) is 6.84. The van der Waals surface area contributed by atoms with Crippen molar-refractivity contribution in [1.82, 2.24) is 19.9 Å². The number of hydrogen-bond acceptors (Lipinski definition) is 6. The third-order valence-electron chi connectivity index (χ3n) is 5.27. The maximum absolute atomic E-state index is 12.8. The Kier molecular flexibility index (Phi) is 6.82. The van der Waals surface area contributed by atoms with E-state index in [-0.39, 0.29) is 19.0 Å². The fourth-order valence-corrected chi connectivity index (χ4v) is 3.80. The summed E-state index contributed by atoms with van der Waals surface area (Å²) in [6.45, 7) is 2.98. The first-order valence-corrected chi connectivity index (χ1v) is 9.87. The Morgan fingerprint density at radius 2 is 2.00 bits per heavy atom. The molecule has 1 saturated heterocycles. The second-order valence-corrected chi connectivity index (χ2v) is 7.72. The number of aromatic nitrogens is 3. The first kappa shape index (κ1) is 21.2. The fourth-order valence-electron chi connectivity index (χ4n) is 3.56. The van der Waals surface area contributed by atoms with E-state index in [9.17, 15) is 4.79 Å². The summed E-state index contributed by atoms with van der Waals surface area (Å²) in [7, 11) is 2.14. The molecule has 2 aliphatic rings. The molecule has 1 amide bonds. The lowest BCUT2D eigenvalue weighted by Gasteiger charge is -2.29. The van der Waals surface area contributed by atoms with Gasteiger partial charge in [0, 0.05) is 36.0 Å². The number of fused-ring (bicyclic) bond motifs is 1. The predicted molar refractivity (Wildman–Crippen MR) is 117 cm³/mol. The Hall–Kier alpha value is -2.51. The Balaban J connectivity index is 0.00000240. The van der Waals surface area contributed by atoms with E-state index in [2.05, 4.69) is 37.5 Å². The Bertz CT molecular complexity index is 908. The van der Waals surface area contributed by atoms with Gasteiger partial charge in [-0.25, -0.2) is 9.97 Å². The number of allylic oxidation sites excluding steroid dienone is 1. The molecule has 2 aromatic heterocycles. The van der Waals surface area contributed by atoms with Crippen molar-refractivity contribution in [2.75, 3.05) is 37.3 Å². The van der Waals surface area contributed by atoms with Crippen molar-refractivity contribution < 1.29 is 4.79 Å². The van der Waals surface area contributed by atoms with Gasteiger partial charge in [0.25, 0.3) is 5.91 Å². The first-order valence-electron chi connectivity index (χ1n) is 9.50. The number of piperidine rings is 1. The number of halogens is 1. The molecule has 0 spiro atoms. The van der Waals surface area contributed by atoms with E-state index in [1.54, 1.807) is 12.4 Å². The van der Waals surface area contributed by atoms with Crippen LogP contribution < -0.4 is 10.6 Å². The summed E-state index contributed by atoms with van der Waals surface area (Å²) in [4.78, 5) is 28.0. The zero-order chi connectivity index (χ0) is 19.5. The second kappa shape index (κ2) is 9.33. The summed E-state index contributed by atoms with van der Waals surface area (Å²) >= 11 is 6.19. The molecule has 154 valence electrons. The number of nitrogens with one attached hydrogen (secondary N) is 2. The molecule has 0 atom stereocenters. The molecule has 29 heavy (non-hydrogen) atoms. The van der Waals surface area contributed by atoms with Crippen molar-refractivity contribution in [1.29, 1.82) is 0 Å². The van der Waals surface area contributed by atoms with Crippen LogP contribution in [0.25, 0.3) is 5.03 Å². The average molecular weight is 415 g/mol. The van der Waals surface area contributed by atoms with Crippen LogP contribution >= 0.6 is 11.6 Å². The normalized spacial score (nSPS) is 16.6. The number of carbonyl (C=O) groups excluding carboxylic acids is 1. The van der Waals surface area contributed by atoms with Crippen LogP contribution in [0.4, 0.5) is 11.5 Å². The van der Waals surface area contributed by atoms with Crippen LogP contribution in [0.1, 0.15) is 42.0 Å². The van der Waals surface area contributed by atoms with Gasteiger partial charge in [-0.3, -0.25) is 9.78 Å². The maximum Gasteiger partial charge on any atom is 0.278 e. The SMILES string of the molecule is C.CN1CCC(CNc2nccnc2C(=O)Nc2cnc3c(c2)C(Cl)=CC3)CC1. The topological polar surface area (TPSA) is 83.0 Å². The second-order valence-electron chi connectivity index (χ2n) is 7.31. The lowest BCUT2D eigenvalue weighted by Crippen LogP contribution is -2.33. The molecule has 0 aromatic carbocycles. The molecule has 1 fully saturated rings. The zero-order valence-corrected chi connectivity index (χ0v) is 16.5. The molecule has 4 rings (SSSR count). The van der Waals surface area contributed by atoms with Crippen LogP contribution in [-0.2, 0) is 6.42 Å². The zero-order valence-electron chi connectivity index (χ0n) is 15.8. The van der Waals surface area contributed by atoms with E-state index in [0.717, 1.165) is 50.2 Å². The molecule has 2 N–H and O–H groups in total. The van der Waals surface area contributed by atoms with Gasteiger partial charge in [-0.2, -0.15) is 0 Å². The van der Waals surface area contributed by atoms with Gasteiger partial charge in [0.15, 0.2) is 11.5 Å². The van der Waals surface area contributed by atoms with Crippen molar-refractivity contribution in [3.8, 4) is 0 Å². The van der Waals surface area contributed by atoms with Gasteiger partial charge in [-0.05, 0) is 45.0 Å². The van der Waals surface area contributed by atoms with Gasteiger partial charge in [0.2, 0.25) is 0 Å². The minimum atomic E-state index is -0.321. The van der Waals surface area contributed by atoms with E-state index < -0.39 is 0 Å². The van der Waals surface area contributed by atoms with Gasteiger partial charge in [0.05, 0.1) is 17.6 Å². The Morgan fingerprint density at radius 3 is 2.79 bits per heavy atom. The molecule has 3 heterocycles. The van der Waals surface area contributed by atoms with Crippen molar-refractivity contribution in [2.24, 2.45) is 5.92 Å². The van der Waals surface area contributed by atoms with Gasteiger partial charge < -0.3 is 15.5 Å². The predicted octanol–water partition coefficient (Wildman–Crippen LogP) is 3.65. The highest BCUT2D eigenvalue weighted by molar-refractivity contribution is 6.49. The highest BCUT2D eigenvalue weighted by atomic mass is 35.5. The summed E-state index contributed by atoms with van der Waals surface area (Å²) in [6, 6.07) is 1.84. The maximum atomic E-state index is 12.8. The number of hydrogen-bond donors (Lipinski definition) is 2. The van der Waals surface area contributed by atoms with E-state index in [0.29, 0.717) is 22.5 Å². The molecule has 0 saturated carbocycles. The van der Waals surface area contributed by atoms with Crippen molar-refractivity contribution in [3.63, 3.8) is 0 Å². The molecule has 7 nitrogen and oxygen atoms in total. The van der Waals surface area contributed by atoms with Crippen LogP contribution in [0, 0.1) is 5.92 Å². The number of amides is 1. The monoisotopic (exact) mass is 414 g/mol. The molecule has 0 bridgehead atoms. The van der Waals surface area contributed by atoms with E-state index in [1.807, 2.05) is 12.1 Å². The van der Waals surface area contributed by atoms with Crippen LogP contribution in [-0.4, -0.2) is 52.4 Å². The van der Waals surface area contributed by atoms with Crippen LogP contribution in [0.3, 0.4) is 0 Å². The minimum Gasteiger partial charge on any atom is -0.368 e. The number of rotatable bonds is 5. The van der Waals surface area contributed by atoms with Crippen LogP contribution in [0.15, 0.2) is 30.7 Å². The number of nitrogens with zero attached hydrogens (tertiary/aromatic N) is 4. The molecule has 1 aliphatic carbocycles. The summed E-state index contributed by atoms with van der Waals surface area (Å²) < 4.78 is 0. The first-order chi connectivity index (χ1) is 13.6. The molecule has 0 radical (unpaired) electrons. The van der Waals surface area contributed by atoms with Crippen LogP contribution in [0.2, 0.25) is 0 Å². The summed E-state index contributed by atoms with van der Waals surface area (Å²) in [6.07, 6.45) is 9.67. The van der Waals surface area contributed by atoms with Crippen molar-refractivity contribution in [2.45, 2.75) is 26.7 Å². The van der Waals surface area contributed by atoms with E-state index in [4.69, 9.17) is 11.6 Å². The number of pyridine rings is 1. The van der Waals surface area contributed by atoms with Crippen LogP contribution in [0.5, 0.6) is 0 Å². The Labute approximate surface area is 176 Å². The highest BCUT2D eigenvalue weighted by Crippen LogP contribution is 2.30. The van der Waals surface area contributed by atoms with Gasteiger partial charge in [-0.1, -0.05) is 25.1 Å². The van der Waals surface area contributed by atoms with Gasteiger partial charge in [0.1, 0.15) is 0 Å². The molecular weight excluding hydrogens is 388 g/mol. The molecular formula is C21H27ClN6O. The van der Waals surface area contributed by atoms with Crippen molar-refractivity contribution in [3.05, 3.63) is 47.7 Å². The third-order valence-corrected chi connectivity index (χ3v) is 5.63. The highest BCUT2D eigenvalue weighted by Gasteiger charge is 2.20. The molecule has 1 aliphatic heterocycles. The Morgan fingerprint density at radius 1 is 1.24 bits per heavy atom. The number of likely N-dealkylation sites (tertiary alicyclic amines) is 1. The number of carbonyl (C=O) groups is 1. The fraction of sp³-hybridized carbons (Fsp3) is 0.429. The van der Waals surface area contributed by atoms with Gasteiger partial charge in [-0.15, -0.1) is 0 Å². The third kappa shape index (κ3) is 4.92. The van der Waals surface area contributed by atoms with Crippen molar-refractivity contribution >= 4 is 34.0 Å². The quantitative estimate of drug-likeness (QED) is 0.777. The standard InChI is InChI=1S/C20H23ClN6O.CH4/c1-27-8-4-13(5-9-27)11-25-19-18(22-6-7-23-19)20(28)26-14-10-15-16(21)2-3-17(15)24-12-14;/h2,6-7,10,12-13H,3-5,8-9,11H2,1H3,(H,23,25)(H,26,28);1H4. The largest absolute Gasteiger partial charge is 0.368 e. The lowest BCUT2D eigenvalue weighted by atomic mass is 9.97. The van der Waals surface area contributed by atoms with Gasteiger partial charge >= 0.3 is 0 Å². The van der Waals surface area contributed by atoms with E-state index in [1.165, 1.54) is 6.20 Å². The average Bonchev–Trinajstić information content (AvgIpc) is 3.08. The molecule has 0 unspecified atom stereocenters. The number of anilines is 2. The molecule has 2 aromatic rings. The summed E-state index contributed by atoms with van der Waals surface area (Å²) in [5.74, 6) is 0.758. The summed E-state index contributed by atoms with van der Waals surface area (Å²) in [5.41, 5.74) is 2.64. The smallest absolute Gasteiger partial charge is 0.278 e. The van der Waals surface area contributed by atoms with E-state index >= 15 is 0 Å². The lowest BCUT2D eigenvalue weighted by molar-refractivity contribution is 0.102. The minimum absolute atomic E-state index is 0.